The van der Waals surface area contributed by atoms with Gasteiger partial charge in [0, 0.05) is 30.6 Å². The van der Waals surface area contributed by atoms with Crippen molar-refractivity contribution >= 4 is 6.47 Å². The van der Waals surface area contributed by atoms with Crippen molar-refractivity contribution in [1.29, 1.82) is 0 Å². The van der Waals surface area contributed by atoms with Crippen LogP contribution in [-0.4, -0.2) is 45.8 Å². The number of benzene rings is 1. The molecule has 0 amide bonds. The van der Waals surface area contributed by atoms with Gasteiger partial charge in [-0.25, -0.2) is 4.39 Å². The molecular weight excluding hydrogens is 313 g/mol. The van der Waals surface area contributed by atoms with E-state index in [9.17, 15) is 9.50 Å². The van der Waals surface area contributed by atoms with Gasteiger partial charge >= 0.3 is 0 Å². The number of rotatable bonds is 0. The number of carboxylic acid groups (broad SMARTS) is 1. The van der Waals surface area contributed by atoms with Gasteiger partial charge in [0.25, 0.3) is 6.47 Å². The number of carbonyl (C=O) groups is 1. The average molecular weight is 339 g/mol. The van der Waals surface area contributed by atoms with Crippen LogP contribution in [0.5, 0.6) is 5.75 Å². The van der Waals surface area contributed by atoms with Gasteiger partial charge in [-0.15, -0.1) is 0 Å². The van der Waals surface area contributed by atoms with E-state index in [2.05, 4.69) is 25.7 Å². The van der Waals surface area contributed by atoms with Crippen molar-refractivity contribution in [3.8, 4) is 5.75 Å². The zero-order chi connectivity index (χ0) is 18.0. The Labute approximate surface area is 142 Å². The summed E-state index contributed by atoms with van der Waals surface area (Å²) in [6, 6.07) is 4.43. The monoisotopic (exact) mass is 339 g/mol. The van der Waals surface area contributed by atoms with Gasteiger partial charge in [-0.3, -0.25) is 9.69 Å². The summed E-state index contributed by atoms with van der Waals surface area (Å²) in [7, 11) is 0. The molecule has 2 N–H and O–H groups in total. The zero-order valence-electron chi connectivity index (χ0n) is 14.5. The van der Waals surface area contributed by atoms with Crippen molar-refractivity contribution in [2.45, 2.75) is 57.3 Å². The van der Waals surface area contributed by atoms with Crippen LogP contribution in [-0.2, 0) is 4.79 Å². The number of aliphatic hydroxyl groups is 1. The van der Waals surface area contributed by atoms with Gasteiger partial charge in [-0.1, -0.05) is 0 Å². The molecule has 5 nitrogen and oxygen atoms in total. The molecule has 6 heteroatoms. The molecule has 1 aromatic carbocycles. The summed E-state index contributed by atoms with van der Waals surface area (Å²) in [5, 5.41) is 17.3. The number of piperidine rings is 1. The first kappa shape index (κ1) is 18.7. The van der Waals surface area contributed by atoms with E-state index < -0.39 is 6.10 Å². The van der Waals surface area contributed by atoms with Crippen LogP contribution in [0.3, 0.4) is 0 Å². The summed E-state index contributed by atoms with van der Waals surface area (Å²) in [6.07, 6.45) is 1.73. The van der Waals surface area contributed by atoms with Crippen molar-refractivity contribution < 1.29 is 24.1 Å². The summed E-state index contributed by atoms with van der Waals surface area (Å²) in [5.74, 6) is 0.314. The normalized spacial score (nSPS) is 22.8. The summed E-state index contributed by atoms with van der Waals surface area (Å²) in [4.78, 5) is 10.8. The van der Waals surface area contributed by atoms with Crippen LogP contribution >= 0.6 is 0 Å². The Balaban J connectivity index is 0.000000647. The van der Waals surface area contributed by atoms with E-state index in [0.717, 1.165) is 25.9 Å². The third-order valence-electron chi connectivity index (χ3n) is 4.85. The van der Waals surface area contributed by atoms with E-state index in [0.29, 0.717) is 17.7 Å². The topological polar surface area (TPSA) is 70.0 Å². The second kappa shape index (κ2) is 7.07. The average Bonchev–Trinajstić information content (AvgIpc) is 2.48. The molecule has 24 heavy (non-hydrogen) atoms. The van der Waals surface area contributed by atoms with Gasteiger partial charge in [0.05, 0.1) is 6.10 Å². The minimum atomic E-state index is -0.634. The van der Waals surface area contributed by atoms with E-state index in [1.807, 2.05) is 0 Å². The molecule has 3 rings (SSSR count). The van der Waals surface area contributed by atoms with Crippen LogP contribution in [0.4, 0.5) is 4.39 Å². The van der Waals surface area contributed by atoms with Gasteiger partial charge in [0.2, 0.25) is 0 Å². The molecular formula is C18H26FNO4. The highest BCUT2D eigenvalue weighted by Crippen LogP contribution is 2.44. The Morgan fingerprint density at radius 2 is 1.92 bits per heavy atom. The largest absolute Gasteiger partial charge is 0.487 e. The minimum absolute atomic E-state index is 0.163. The van der Waals surface area contributed by atoms with Gasteiger partial charge in [-0.2, -0.15) is 0 Å². The number of ether oxygens (including phenoxy) is 1. The fourth-order valence-electron chi connectivity index (χ4n) is 3.50. The quantitative estimate of drug-likeness (QED) is 0.711. The van der Waals surface area contributed by atoms with Crippen molar-refractivity contribution in [3.05, 3.63) is 29.6 Å². The van der Waals surface area contributed by atoms with Crippen LogP contribution in [0, 0.1) is 5.82 Å². The lowest BCUT2D eigenvalue weighted by atomic mass is 9.80. The molecule has 0 radical (unpaired) electrons. The molecule has 1 atom stereocenters. The molecule has 0 aliphatic carbocycles. The molecule has 2 heterocycles. The Morgan fingerprint density at radius 3 is 2.46 bits per heavy atom. The van der Waals surface area contributed by atoms with E-state index in [-0.39, 0.29) is 23.4 Å². The first-order valence-corrected chi connectivity index (χ1v) is 8.20. The molecule has 1 aromatic rings. The predicted octanol–water partition coefficient (Wildman–Crippen LogP) is 2.98. The molecule has 0 aromatic heterocycles. The van der Waals surface area contributed by atoms with Crippen LogP contribution < -0.4 is 4.74 Å². The van der Waals surface area contributed by atoms with Crippen LogP contribution in [0.2, 0.25) is 0 Å². The third-order valence-corrected chi connectivity index (χ3v) is 4.85. The molecule has 1 unspecified atom stereocenters. The van der Waals surface area contributed by atoms with E-state index in [1.165, 1.54) is 12.1 Å². The summed E-state index contributed by atoms with van der Waals surface area (Å²) >= 11 is 0. The number of halogens is 1. The highest BCUT2D eigenvalue weighted by Gasteiger charge is 2.44. The first-order valence-electron chi connectivity index (χ1n) is 8.20. The second-order valence-electron chi connectivity index (χ2n) is 7.45. The van der Waals surface area contributed by atoms with Crippen molar-refractivity contribution in [2.24, 2.45) is 0 Å². The maximum atomic E-state index is 13.3. The fourth-order valence-corrected chi connectivity index (χ4v) is 3.50. The Bertz CT molecular complexity index is 577. The van der Waals surface area contributed by atoms with Gasteiger partial charge < -0.3 is 14.9 Å². The number of aliphatic hydroxyl groups excluding tert-OH is 1. The zero-order valence-corrected chi connectivity index (χ0v) is 14.5. The number of fused-ring (bicyclic) bond motifs is 1. The van der Waals surface area contributed by atoms with Gasteiger partial charge in [0.1, 0.15) is 17.2 Å². The number of likely N-dealkylation sites (tertiary alicyclic amines) is 1. The van der Waals surface area contributed by atoms with Crippen LogP contribution in [0.25, 0.3) is 0 Å². The van der Waals surface area contributed by atoms with E-state index in [4.69, 9.17) is 14.6 Å². The molecule has 0 bridgehead atoms. The van der Waals surface area contributed by atoms with Crippen LogP contribution in [0.1, 0.15) is 51.7 Å². The van der Waals surface area contributed by atoms with Crippen molar-refractivity contribution in [2.75, 3.05) is 13.1 Å². The highest BCUT2D eigenvalue weighted by molar-refractivity contribution is 5.38. The molecule has 134 valence electrons. The predicted molar refractivity (Wildman–Crippen MR) is 88.6 cm³/mol. The van der Waals surface area contributed by atoms with Crippen molar-refractivity contribution in [1.82, 2.24) is 4.90 Å². The maximum absolute atomic E-state index is 13.3. The highest BCUT2D eigenvalue weighted by atomic mass is 19.1. The van der Waals surface area contributed by atoms with E-state index >= 15 is 0 Å². The Hall–Kier alpha value is -1.66. The van der Waals surface area contributed by atoms with Gasteiger partial charge in [-0.05, 0) is 51.8 Å². The molecule has 1 fully saturated rings. The number of hydrogen-bond acceptors (Lipinski definition) is 4. The van der Waals surface area contributed by atoms with Gasteiger partial charge in [0.15, 0.2) is 0 Å². The Kier molecular flexibility index (Phi) is 5.50. The molecule has 1 saturated heterocycles. The molecule has 0 saturated carbocycles. The molecule has 1 spiro atoms. The smallest absolute Gasteiger partial charge is 0.290 e. The maximum Gasteiger partial charge on any atom is 0.290 e. The third kappa shape index (κ3) is 4.05. The second-order valence-corrected chi connectivity index (χ2v) is 7.45. The fraction of sp³-hybridized carbons (Fsp3) is 0.611. The molecule has 2 aliphatic rings. The lowest BCUT2D eigenvalue weighted by molar-refractivity contribution is -0.122. The lowest BCUT2D eigenvalue weighted by Crippen LogP contribution is -2.54. The standard InChI is InChI=1S/C17H24FNO2.CH2O2/c1-16(2,3)19-8-6-17(7-9-19)11-14(20)13-10-12(18)4-5-15(13)21-17;2-1-3/h4-5,10,14,20H,6-9,11H2,1-3H3;1H,(H,2,3). The van der Waals surface area contributed by atoms with Crippen molar-refractivity contribution in [3.63, 3.8) is 0 Å². The van der Waals surface area contributed by atoms with Crippen LogP contribution in [0.15, 0.2) is 18.2 Å². The lowest BCUT2D eigenvalue weighted by Gasteiger charge is -2.49. The number of nitrogens with zero attached hydrogens (tertiary/aromatic N) is 1. The Morgan fingerprint density at radius 1 is 1.33 bits per heavy atom. The SMILES string of the molecule is CC(C)(C)N1CCC2(CC1)CC(O)c1cc(F)ccc1O2.O=CO. The van der Waals surface area contributed by atoms with E-state index in [1.54, 1.807) is 6.07 Å². The minimum Gasteiger partial charge on any atom is -0.487 e. The number of hydrogen-bond donors (Lipinski definition) is 2. The first-order chi connectivity index (χ1) is 11.2. The summed E-state index contributed by atoms with van der Waals surface area (Å²) in [6.45, 7) is 8.35. The molecule has 2 aliphatic heterocycles. The summed E-state index contributed by atoms with van der Waals surface area (Å²) < 4.78 is 19.5. The summed E-state index contributed by atoms with van der Waals surface area (Å²) in [5.41, 5.74) is 0.445.